The number of carbonyl (C=O) groups is 3. The Morgan fingerprint density at radius 1 is 1.03 bits per heavy atom. The normalized spacial score (nSPS) is 16.5. The van der Waals surface area contributed by atoms with Crippen molar-refractivity contribution in [2.24, 2.45) is 0 Å². The first kappa shape index (κ1) is 23.5. The molecule has 1 aliphatic heterocycles. The largest absolute Gasteiger partial charge is 0.436 e. The molecule has 4 aromatic rings. The molecule has 2 atom stereocenters. The first-order valence-electron chi connectivity index (χ1n) is 12.2. The molecule has 2 unspecified atom stereocenters. The van der Waals surface area contributed by atoms with Gasteiger partial charge in [-0.1, -0.05) is 49.4 Å². The summed E-state index contributed by atoms with van der Waals surface area (Å²) in [5, 5.41) is 0. The van der Waals surface area contributed by atoms with Crippen molar-refractivity contribution in [1.82, 2.24) is 9.88 Å². The van der Waals surface area contributed by atoms with E-state index >= 15 is 0 Å². The summed E-state index contributed by atoms with van der Waals surface area (Å²) in [7, 11) is 0. The maximum absolute atomic E-state index is 13.6. The summed E-state index contributed by atoms with van der Waals surface area (Å²) in [4.78, 5) is 47.0. The first-order valence-corrected chi connectivity index (χ1v) is 12.2. The van der Waals surface area contributed by atoms with Gasteiger partial charge in [0, 0.05) is 12.0 Å². The van der Waals surface area contributed by atoms with Crippen molar-refractivity contribution >= 4 is 34.5 Å². The Bertz CT molecular complexity index is 1380. The highest BCUT2D eigenvalue weighted by molar-refractivity contribution is 6.23. The summed E-state index contributed by atoms with van der Waals surface area (Å²) < 4.78 is 5.83. The number of rotatable bonds is 7. The van der Waals surface area contributed by atoms with Crippen LogP contribution in [0.3, 0.4) is 0 Å². The molecular weight excluding hydrogens is 454 g/mol. The van der Waals surface area contributed by atoms with Crippen LogP contribution < -0.4 is 4.90 Å². The van der Waals surface area contributed by atoms with Crippen LogP contribution >= 0.6 is 0 Å². The Morgan fingerprint density at radius 2 is 1.72 bits per heavy atom. The van der Waals surface area contributed by atoms with E-state index in [4.69, 9.17) is 4.42 Å². The molecule has 0 aliphatic carbocycles. The lowest BCUT2D eigenvalue weighted by Gasteiger charge is -2.33. The summed E-state index contributed by atoms with van der Waals surface area (Å²) in [5.74, 6) is -0.378. The quantitative estimate of drug-likeness (QED) is 0.325. The zero-order chi connectivity index (χ0) is 25.2. The van der Waals surface area contributed by atoms with E-state index in [1.54, 1.807) is 29.2 Å². The Balaban J connectivity index is 1.42. The van der Waals surface area contributed by atoms with Crippen LogP contribution in [0, 0.1) is 0 Å². The SMILES string of the molecule is CCCC(=O)N(C1CC(=O)N(c2ccc(-c3nc4ccccc4o3)cc2)C1=O)C(C)c1ccccc1. The maximum Gasteiger partial charge on any atom is 0.257 e. The first-order chi connectivity index (χ1) is 17.5. The van der Waals surface area contributed by atoms with Gasteiger partial charge in [-0.15, -0.1) is 0 Å². The lowest BCUT2D eigenvalue weighted by Crippen LogP contribution is -2.46. The molecule has 182 valence electrons. The minimum absolute atomic E-state index is 0.0433. The van der Waals surface area contributed by atoms with E-state index in [2.05, 4.69) is 4.98 Å². The van der Waals surface area contributed by atoms with Gasteiger partial charge in [-0.2, -0.15) is 0 Å². The minimum atomic E-state index is -0.844. The van der Waals surface area contributed by atoms with Crippen LogP contribution in [0.1, 0.15) is 44.7 Å². The van der Waals surface area contributed by atoms with Crippen LogP contribution in [0.25, 0.3) is 22.6 Å². The average Bonchev–Trinajstić information content (AvgIpc) is 3.45. The van der Waals surface area contributed by atoms with Crippen LogP contribution in [-0.2, 0) is 14.4 Å². The average molecular weight is 482 g/mol. The van der Waals surface area contributed by atoms with E-state index in [-0.39, 0.29) is 30.2 Å². The summed E-state index contributed by atoms with van der Waals surface area (Å²) in [6.07, 6.45) is 0.930. The van der Waals surface area contributed by atoms with Crippen molar-refractivity contribution in [3.05, 3.63) is 84.4 Å². The standard InChI is InChI=1S/C29H27N3O4/c1-3-9-26(33)31(19(2)20-10-5-4-6-11-20)24-18-27(34)32(29(24)35)22-16-14-21(15-17-22)28-30-23-12-7-8-13-25(23)36-28/h4-8,10-17,19,24H,3,9,18H2,1-2H3. The number of oxazole rings is 1. The van der Waals surface area contributed by atoms with Gasteiger partial charge in [0.25, 0.3) is 5.91 Å². The van der Waals surface area contributed by atoms with Crippen LogP contribution in [0.5, 0.6) is 0 Å². The van der Waals surface area contributed by atoms with Crippen molar-refractivity contribution in [2.45, 2.75) is 45.2 Å². The number of hydrogen-bond donors (Lipinski definition) is 0. The Kier molecular flexibility index (Phi) is 6.38. The number of nitrogens with zero attached hydrogens (tertiary/aromatic N) is 3. The third-order valence-corrected chi connectivity index (χ3v) is 6.58. The molecule has 7 heteroatoms. The highest BCUT2D eigenvalue weighted by Gasteiger charge is 2.45. The fourth-order valence-electron chi connectivity index (χ4n) is 4.75. The van der Waals surface area contributed by atoms with Gasteiger partial charge in [0.1, 0.15) is 11.6 Å². The molecule has 3 amide bonds. The van der Waals surface area contributed by atoms with Crippen molar-refractivity contribution in [3.8, 4) is 11.5 Å². The monoisotopic (exact) mass is 481 g/mol. The molecule has 7 nitrogen and oxygen atoms in total. The van der Waals surface area contributed by atoms with E-state index < -0.39 is 6.04 Å². The number of benzene rings is 3. The van der Waals surface area contributed by atoms with E-state index in [9.17, 15) is 14.4 Å². The summed E-state index contributed by atoms with van der Waals surface area (Å²) in [5.41, 5.74) is 3.57. The summed E-state index contributed by atoms with van der Waals surface area (Å²) >= 11 is 0. The molecule has 0 spiro atoms. The van der Waals surface area contributed by atoms with E-state index in [1.807, 2.05) is 68.4 Å². The highest BCUT2D eigenvalue weighted by atomic mass is 16.3. The molecule has 0 saturated carbocycles. The van der Waals surface area contributed by atoms with Gasteiger partial charge in [-0.05, 0) is 55.3 Å². The summed E-state index contributed by atoms with van der Waals surface area (Å²) in [6, 6.07) is 22.9. The number of aromatic nitrogens is 1. The number of imide groups is 1. The van der Waals surface area contributed by atoms with Gasteiger partial charge in [0.2, 0.25) is 17.7 Å². The molecule has 1 fully saturated rings. The fourth-order valence-corrected chi connectivity index (χ4v) is 4.75. The van der Waals surface area contributed by atoms with Crippen LogP contribution in [0.2, 0.25) is 0 Å². The van der Waals surface area contributed by atoms with Gasteiger partial charge in [-0.25, -0.2) is 9.88 Å². The third kappa shape index (κ3) is 4.28. The molecule has 0 radical (unpaired) electrons. The number of amides is 3. The van der Waals surface area contributed by atoms with Crippen LogP contribution in [0.15, 0.2) is 83.3 Å². The molecule has 3 aromatic carbocycles. The van der Waals surface area contributed by atoms with Crippen molar-refractivity contribution in [3.63, 3.8) is 0 Å². The second-order valence-corrected chi connectivity index (χ2v) is 8.96. The van der Waals surface area contributed by atoms with Gasteiger partial charge in [0.15, 0.2) is 5.58 Å². The third-order valence-electron chi connectivity index (χ3n) is 6.58. The van der Waals surface area contributed by atoms with Gasteiger partial charge >= 0.3 is 0 Å². The molecule has 36 heavy (non-hydrogen) atoms. The maximum atomic E-state index is 13.6. The zero-order valence-corrected chi connectivity index (χ0v) is 20.3. The Morgan fingerprint density at radius 3 is 2.42 bits per heavy atom. The molecule has 0 N–H and O–H groups in total. The zero-order valence-electron chi connectivity index (χ0n) is 20.3. The smallest absolute Gasteiger partial charge is 0.257 e. The van der Waals surface area contributed by atoms with Crippen LogP contribution in [-0.4, -0.2) is 33.6 Å². The molecule has 0 bridgehead atoms. The second kappa shape index (κ2) is 9.77. The summed E-state index contributed by atoms with van der Waals surface area (Å²) in [6.45, 7) is 3.83. The predicted octanol–water partition coefficient (Wildman–Crippen LogP) is 5.52. The predicted molar refractivity (Wildman–Crippen MR) is 137 cm³/mol. The number of anilines is 1. The van der Waals surface area contributed by atoms with Gasteiger partial charge in [-0.3, -0.25) is 14.4 Å². The molecule has 2 heterocycles. The van der Waals surface area contributed by atoms with Crippen molar-refractivity contribution in [2.75, 3.05) is 4.90 Å². The van der Waals surface area contributed by atoms with Gasteiger partial charge in [0.05, 0.1) is 18.2 Å². The van der Waals surface area contributed by atoms with Crippen LogP contribution in [0.4, 0.5) is 5.69 Å². The van der Waals surface area contributed by atoms with E-state index in [0.717, 1.165) is 16.6 Å². The fraction of sp³-hybridized carbons (Fsp3) is 0.241. The second-order valence-electron chi connectivity index (χ2n) is 8.96. The number of para-hydroxylation sites is 2. The Labute approximate surface area is 209 Å². The van der Waals surface area contributed by atoms with E-state index in [0.29, 0.717) is 30.0 Å². The topological polar surface area (TPSA) is 83.7 Å². The van der Waals surface area contributed by atoms with Gasteiger partial charge < -0.3 is 9.32 Å². The minimum Gasteiger partial charge on any atom is -0.436 e. The number of carbonyl (C=O) groups excluding carboxylic acids is 3. The lowest BCUT2D eigenvalue weighted by atomic mass is 10.0. The molecule has 5 rings (SSSR count). The lowest BCUT2D eigenvalue weighted by molar-refractivity contribution is -0.141. The molecular formula is C29H27N3O4. The molecule has 1 saturated heterocycles. The molecule has 1 aromatic heterocycles. The van der Waals surface area contributed by atoms with Crippen molar-refractivity contribution in [1.29, 1.82) is 0 Å². The molecule has 1 aliphatic rings. The van der Waals surface area contributed by atoms with Crippen molar-refractivity contribution < 1.29 is 18.8 Å². The number of hydrogen-bond acceptors (Lipinski definition) is 5. The highest BCUT2D eigenvalue weighted by Crippen LogP contribution is 2.33. The van der Waals surface area contributed by atoms with E-state index in [1.165, 1.54) is 4.90 Å². The number of fused-ring (bicyclic) bond motifs is 1. The Hall–Kier alpha value is -4.26.